The average Bonchev–Trinajstić information content (AvgIpc) is 2.65. The van der Waals surface area contributed by atoms with Gasteiger partial charge >= 0.3 is 0 Å². The summed E-state index contributed by atoms with van der Waals surface area (Å²) in [5, 5.41) is 6.58. The summed E-state index contributed by atoms with van der Waals surface area (Å²) in [5.41, 5.74) is 1.54. The molecule has 0 fully saturated rings. The van der Waals surface area contributed by atoms with Gasteiger partial charge in [0.05, 0.1) is 16.8 Å². The van der Waals surface area contributed by atoms with Gasteiger partial charge in [-0.25, -0.2) is 4.39 Å². The molecule has 0 aliphatic heterocycles. The van der Waals surface area contributed by atoms with Crippen LogP contribution in [0, 0.1) is 12.7 Å². The van der Waals surface area contributed by atoms with Crippen molar-refractivity contribution in [3.8, 4) is 0 Å². The van der Waals surface area contributed by atoms with Crippen LogP contribution in [-0.4, -0.2) is 15.7 Å². The Bertz CT molecular complexity index is 609. The summed E-state index contributed by atoms with van der Waals surface area (Å²) in [6.07, 6.45) is 1.47. The van der Waals surface area contributed by atoms with Gasteiger partial charge in [-0.2, -0.15) is 5.10 Å². The van der Waals surface area contributed by atoms with Crippen molar-refractivity contribution >= 4 is 23.2 Å². The zero-order valence-corrected chi connectivity index (χ0v) is 10.6. The molecule has 2 aromatic rings. The third-order valence-corrected chi connectivity index (χ3v) is 2.96. The third-order valence-electron chi connectivity index (χ3n) is 2.66. The molecule has 4 nitrogen and oxygen atoms in total. The number of benzene rings is 1. The van der Waals surface area contributed by atoms with Gasteiger partial charge in [-0.1, -0.05) is 11.6 Å². The van der Waals surface area contributed by atoms with E-state index >= 15 is 0 Å². The Balaban J connectivity index is 2.21. The predicted octanol–water partition coefficient (Wildman–Crippen LogP) is 2.77. The van der Waals surface area contributed by atoms with Gasteiger partial charge in [0.15, 0.2) is 0 Å². The van der Waals surface area contributed by atoms with Crippen LogP contribution in [0.5, 0.6) is 0 Å². The Kier molecular flexibility index (Phi) is 3.34. The van der Waals surface area contributed by atoms with Gasteiger partial charge < -0.3 is 5.32 Å². The molecular weight excluding hydrogens is 257 g/mol. The monoisotopic (exact) mass is 267 g/mol. The molecule has 0 unspecified atom stereocenters. The van der Waals surface area contributed by atoms with Crippen molar-refractivity contribution in [1.29, 1.82) is 0 Å². The van der Waals surface area contributed by atoms with E-state index in [1.165, 1.54) is 24.4 Å². The van der Waals surface area contributed by atoms with Crippen LogP contribution in [0.3, 0.4) is 0 Å². The van der Waals surface area contributed by atoms with Crippen LogP contribution >= 0.6 is 11.6 Å². The number of aromatic nitrogens is 2. The minimum Gasteiger partial charge on any atom is -0.322 e. The Morgan fingerprint density at radius 2 is 2.22 bits per heavy atom. The molecule has 0 aliphatic carbocycles. The second-order valence-electron chi connectivity index (χ2n) is 3.85. The molecule has 0 spiro atoms. The fourth-order valence-electron chi connectivity index (χ4n) is 1.49. The van der Waals surface area contributed by atoms with Gasteiger partial charge in [-0.15, -0.1) is 0 Å². The van der Waals surface area contributed by atoms with Crippen LogP contribution in [0.15, 0.2) is 24.4 Å². The minimum absolute atomic E-state index is 0.0190. The SMILES string of the molecule is Cc1c(C(=O)Nc2ccc(Cl)c(F)c2)cnn1C. The lowest BCUT2D eigenvalue weighted by molar-refractivity contribution is 0.102. The van der Waals surface area contributed by atoms with Crippen LogP contribution in [0.25, 0.3) is 0 Å². The second kappa shape index (κ2) is 4.78. The maximum absolute atomic E-state index is 13.2. The number of carbonyl (C=O) groups excluding carboxylic acids is 1. The Hall–Kier alpha value is -1.88. The smallest absolute Gasteiger partial charge is 0.259 e. The number of amides is 1. The zero-order chi connectivity index (χ0) is 13.3. The van der Waals surface area contributed by atoms with Gasteiger partial charge in [-0.05, 0) is 25.1 Å². The number of carbonyl (C=O) groups is 1. The summed E-state index contributed by atoms with van der Waals surface area (Å²) in [7, 11) is 1.74. The lowest BCUT2D eigenvalue weighted by Gasteiger charge is -2.05. The number of aryl methyl sites for hydroxylation is 1. The molecule has 1 heterocycles. The van der Waals surface area contributed by atoms with Crippen molar-refractivity contribution in [3.63, 3.8) is 0 Å². The number of nitrogens with one attached hydrogen (secondary N) is 1. The van der Waals surface area contributed by atoms with Gasteiger partial charge in [0.25, 0.3) is 5.91 Å². The van der Waals surface area contributed by atoms with Gasteiger partial charge in [0, 0.05) is 18.4 Å². The van der Waals surface area contributed by atoms with Crippen LogP contribution in [0.4, 0.5) is 10.1 Å². The number of hydrogen-bond donors (Lipinski definition) is 1. The standard InChI is InChI=1S/C12H11ClFN3O/c1-7-9(6-15-17(7)2)12(18)16-8-3-4-10(13)11(14)5-8/h3-6H,1-2H3,(H,16,18). The molecule has 0 radical (unpaired) electrons. The molecule has 0 atom stereocenters. The molecule has 1 aromatic carbocycles. The van der Waals surface area contributed by atoms with Crippen molar-refractivity contribution in [2.75, 3.05) is 5.32 Å². The fourth-order valence-corrected chi connectivity index (χ4v) is 1.61. The molecule has 6 heteroatoms. The first kappa shape index (κ1) is 12.6. The number of halogens is 2. The lowest BCUT2D eigenvalue weighted by Crippen LogP contribution is -2.13. The quantitative estimate of drug-likeness (QED) is 0.909. The van der Waals surface area contributed by atoms with Crippen molar-refractivity contribution in [2.45, 2.75) is 6.92 Å². The van der Waals surface area contributed by atoms with Crippen LogP contribution in [-0.2, 0) is 7.05 Å². The van der Waals surface area contributed by atoms with Gasteiger partial charge in [0.1, 0.15) is 5.82 Å². The highest BCUT2D eigenvalue weighted by atomic mass is 35.5. The van der Waals surface area contributed by atoms with E-state index in [0.717, 1.165) is 5.69 Å². The van der Waals surface area contributed by atoms with Crippen LogP contribution in [0.1, 0.15) is 16.1 Å². The summed E-state index contributed by atoms with van der Waals surface area (Å²) in [5.74, 6) is -0.903. The first-order chi connectivity index (χ1) is 8.49. The molecule has 0 saturated carbocycles. The number of rotatable bonds is 2. The average molecular weight is 268 g/mol. The largest absolute Gasteiger partial charge is 0.322 e. The van der Waals surface area contributed by atoms with Crippen molar-refractivity contribution in [3.05, 3.63) is 46.5 Å². The molecule has 0 saturated heterocycles. The van der Waals surface area contributed by atoms with E-state index in [1.54, 1.807) is 18.7 Å². The molecule has 94 valence electrons. The number of hydrogen-bond acceptors (Lipinski definition) is 2. The summed E-state index contributed by atoms with van der Waals surface area (Å²) in [6.45, 7) is 1.78. The molecule has 18 heavy (non-hydrogen) atoms. The normalized spacial score (nSPS) is 10.4. The second-order valence-corrected chi connectivity index (χ2v) is 4.26. The molecule has 0 aliphatic rings. The predicted molar refractivity (Wildman–Crippen MR) is 67.3 cm³/mol. The minimum atomic E-state index is -0.572. The number of anilines is 1. The van der Waals surface area contributed by atoms with Gasteiger partial charge in [-0.3, -0.25) is 9.48 Å². The Labute approximate surface area is 108 Å². The maximum Gasteiger partial charge on any atom is 0.259 e. The molecular formula is C12H11ClFN3O. The molecule has 1 N–H and O–H groups in total. The molecule has 0 bridgehead atoms. The zero-order valence-electron chi connectivity index (χ0n) is 9.87. The van der Waals surface area contributed by atoms with E-state index in [-0.39, 0.29) is 10.9 Å². The lowest BCUT2D eigenvalue weighted by atomic mass is 10.2. The van der Waals surface area contributed by atoms with E-state index in [4.69, 9.17) is 11.6 Å². The maximum atomic E-state index is 13.2. The fraction of sp³-hybridized carbons (Fsp3) is 0.167. The Morgan fingerprint density at radius 3 is 2.78 bits per heavy atom. The van der Waals surface area contributed by atoms with E-state index in [0.29, 0.717) is 11.3 Å². The summed E-state index contributed by atoms with van der Waals surface area (Å²) >= 11 is 5.56. The Morgan fingerprint density at radius 1 is 1.50 bits per heavy atom. The topological polar surface area (TPSA) is 46.9 Å². The van der Waals surface area contributed by atoms with E-state index in [1.807, 2.05) is 0 Å². The highest BCUT2D eigenvalue weighted by Gasteiger charge is 2.13. The van der Waals surface area contributed by atoms with E-state index in [2.05, 4.69) is 10.4 Å². The van der Waals surface area contributed by atoms with Crippen molar-refractivity contribution in [2.24, 2.45) is 7.05 Å². The molecule has 1 amide bonds. The summed E-state index contributed by atoms with van der Waals surface area (Å²) < 4.78 is 14.8. The first-order valence-corrected chi connectivity index (χ1v) is 5.62. The van der Waals surface area contributed by atoms with E-state index < -0.39 is 5.82 Å². The summed E-state index contributed by atoms with van der Waals surface area (Å²) in [6, 6.07) is 4.10. The summed E-state index contributed by atoms with van der Waals surface area (Å²) in [4.78, 5) is 11.9. The highest BCUT2D eigenvalue weighted by molar-refractivity contribution is 6.30. The van der Waals surface area contributed by atoms with Gasteiger partial charge in [0.2, 0.25) is 0 Å². The third kappa shape index (κ3) is 2.36. The first-order valence-electron chi connectivity index (χ1n) is 5.24. The molecule has 2 rings (SSSR count). The van der Waals surface area contributed by atoms with Crippen molar-refractivity contribution < 1.29 is 9.18 Å². The van der Waals surface area contributed by atoms with Crippen molar-refractivity contribution in [1.82, 2.24) is 9.78 Å². The van der Waals surface area contributed by atoms with Crippen LogP contribution < -0.4 is 5.32 Å². The molecule has 1 aromatic heterocycles. The number of nitrogens with zero attached hydrogens (tertiary/aromatic N) is 2. The van der Waals surface area contributed by atoms with Crippen LogP contribution in [0.2, 0.25) is 5.02 Å². The highest BCUT2D eigenvalue weighted by Crippen LogP contribution is 2.19. The van der Waals surface area contributed by atoms with E-state index in [9.17, 15) is 9.18 Å².